The maximum absolute atomic E-state index is 7.11. The Hall–Kier alpha value is -8.20. The van der Waals surface area contributed by atoms with Crippen LogP contribution in [0.2, 0.25) is 0 Å². The molecule has 10 aromatic carbocycles. The first-order chi connectivity index (χ1) is 32.0. The molecule has 1 heterocycles. The highest BCUT2D eigenvalue weighted by atomic mass is 16.5. The number of ether oxygens (including phenoxy) is 1. The van der Waals surface area contributed by atoms with Crippen molar-refractivity contribution in [1.82, 2.24) is 0 Å². The van der Waals surface area contributed by atoms with Crippen LogP contribution in [0.3, 0.4) is 0 Å². The van der Waals surface area contributed by atoms with Crippen LogP contribution in [0.5, 0.6) is 11.5 Å². The molecule has 0 atom stereocenters. The monoisotopic (exact) mass is 831 g/mol. The summed E-state index contributed by atoms with van der Waals surface area (Å²) < 4.78 is 7.11. The third kappa shape index (κ3) is 6.74. The molecule has 0 spiro atoms. The van der Waals surface area contributed by atoms with Crippen molar-refractivity contribution in [2.45, 2.75) is 19.3 Å². The lowest BCUT2D eigenvalue weighted by Gasteiger charge is -2.29. The van der Waals surface area contributed by atoms with Gasteiger partial charge >= 0.3 is 0 Å². The summed E-state index contributed by atoms with van der Waals surface area (Å²) >= 11 is 0. The maximum atomic E-state index is 7.11. The molecule has 0 saturated heterocycles. The molecule has 0 fully saturated rings. The van der Waals surface area contributed by atoms with Crippen molar-refractivity contribution in [3.05, 3.63) is 248 Å². The minimum Gasteiger partial charge on any atom is -0.456 e. The lowest BCUT2D eigenvalue weighted by atomic mass is 9.82. The largest absolute Gasteiger partial charge is 0.456 e. The quantitative estimate of drug-likeness (QED) is 0.159. The molecule has 0 amide bonds. The van der Waals surface area contributed by atoms with Crippen molar-refractivity contribution in [2.24, 2.45) is 0 Å². The SMILES string of the molecule is CC1(C)c2ccccc2-c2ccc(N(c3cccc(-c4ccccc4)c3)c3ccc4c(c3)-c3ccc(-c5ccccc5)cc3-c3ccc(-c5ccc(-c6ccccc6)cc5)cc3O4)cc21. The standard InChI is InChI=1S/C63H45NO/c1-63(2)59-24-13-12-23-54(59)55-35-31-52(41-60(55)63)64(50-22-14-21-47(37-50)43-17-8-4-9-18-43)51-32-36-61-58(40-51)53-33-29-48(44-19-10-5-11-20-44)38-57(53)56-34-30-49(39-62(56)65-61)46-27-25-45(26-28-46)42-15-6-3-7-16-42/h3-41H,1-2H3. The molecular formula is C63H45NO. The molecule has 0 N–H and O–H groups in total. The zero-order chi connectivity index (χ0) is 43.5. The van der Waals surface area contributed by atoms with Gasteiger partial charge in [0, 0.05) is 33.6 Å². The molecule has 65 heavy (non-hydrogen) atoms. The third-order valence-corrected chi connectivity index (χ3v) is 13.5. The van der Waals surface area contributed by atoms with Crippen molar-refractivity contribution in [1.29, 1.82) is 0 Å². The van der Waals surface area contributed by atoms with Crippen LogP contribution in [-0.4, -0.2) is 0 Å². The van der Waals surface area contributed by atoms with Gasteiger partial charge in [0.25, 0.3) is 0 Å². The molecule has 2 aliphatic rings. The molecule has 1 aliphatic carbocycles. The predicted molar refractivity (Wildman–Crippen MR) is 271 cm³/mol. The Bertz CT molecular complexity index is 3410. The smallest absolute Gasteiger partial charge is 0.135 e. The van der Waals surface area contributed by atoms with Crippen LogP contribution in [0, 0.1) is 0 Å². The zero-order valence-electron chi connectivity index (χ0n) is 36.4. The number of hydrogen-bond donors (Lipinski definition) is 0. The summed E-state index contributed by atoms with van der Waals surface area (Å²) in [6.45, 7) is 4.70. The minimum atomic E-state index is -0.148. The average molecular weight is 832 g/mol. The van der Waals surface area contributed by atoms with Gasteiger partial charge in [0.05, 0.1) is 0 Å². The summed E-state index contributed by atoms with van der Waals surface area (Å²) in [4.78, 5) is 2.42. The van der Waals surface area contributed by atoms with Gasteiger partial charge in [0.2, 0.25) is 0 Å². The second-order valence-electron chi connectivity index (χ2n) is 17.7. The molecule has 2 nitrogen and oxygen atoms in total. The van der Waals surface area contributed by atoms with E-state index in [1.807, 2.05) is 0 Å². The molecule has 0 radical (unpaired) electrons. The van der Waals surface area contributed by atoms with E-state index in [0.29, 0.717) is 0 Å². The summed E-state index contributed by atoms with van der Waals surface area (Å²) in [6.07, 6.45) is 0. The van der Waals surface area contributed by atoms with Crippen LogP contribution in [0.15, 0.2) is 237 Å². The number of hydrogen-bond acceptors (Lipinski definition) is 2. The molecule has 308 valence electrons. The maximum Gasteiger partial charge on any atom is 0.135 e. The normalized spacial score (nSPS) is 12.7. The highest BCUT2D eigenvalue weighted by Crippen LogP contribution is 2.53. The summed E-state index contributed by atoms with van der Waals surface area (Å²) in [5, 5.41) is 0. The van der Waals surface area contributed by atoms with Crippen LogP contribution < -0.4 is 9.64 Å². The molecule has 0 aromatic heterocycles. The fraction of sp³-hybridized carbons (Fsp3) is 0.0476. The van der Waals surface area contributed by atoms with Crippen LogP contribution in [0.1, 0.15) is 25.0 Å². The summed E-state index contributed by atoms with van der Waals surface area (Å²) in [6, 6.07) is 85.7. The van der Waals surface area contributed by atoms with E-state index in [1.54, 1.807) is 0 Å². The number of nitrogens with zero attached hydrogens (tertiary/aromatic N) is 1. The van der Waals surface area contributed by atoms with Gasteiger partial charge in [0.15, 0.2) is 0 Å². The predicted octanol–water partition coefficient (Wildman–Crippen LogP) is 17.6. The Kier molecular flexibility index (Phi) is 9.21. The van der Waals surface area contributed by atoms with E-state index >= 15 is 0 Å². The Labute approximate surface area is 381 Å². The lowest BCUT2D eigenvalue weighted by molar-refractivity contribution is 0.488. The Morgan fingerprint density at radius 1 is 0.277 bits per heavy atom. The second kappa shape index (κ2) is 15.6. The van der Waals surface area contributed by atoms with Crippen molar-refractivity contribution in [3.63, 3.8) is 0 Å². The molecule has 0 bridgehead atoms. The van der Waals surface area contributed by atoms with E-state index in [-0.39, 0.29) is 5.41 Å². The van der Waals surface area contributed by atoms with Crippen LogP contribution >= 0.6 is 0 Å². The van der Waals surface area contributed by atoms with Crippen LogP contribution in [0.4, 0.5) is 17.1 Å². The molecule has 10 aromatic rings. The van der Waals surface area contributed by atoms with Gasteiger partial charge in [-0.2, -0.15) is 0 Å². The van der Waals surface area contributed by atoms with E-state index in [1.165, 1.54) is 50.1 Å². The van der Waals surface area contributed by atoms with Crippen molar-refractivity contribution in [2.75, 3.05) is 4.90 Å². The topological polar surface area (TPSA) is 12.5 Å². The van der Waals surface area contributed by atoms with Gasteiger partial charge in [-0.25, -0.2) is 0 Å². The van der Waals surface area contributed by atoms with Gasteiger partial charge in [-0.05, 0) is 139 Å². The lowest BCUT2D eigenvalue weighted by Crippen LogP contribution is -2.16. The second-order valence-corrected chi connectivity index (χ2v) is 17.7. The molecule has 0 saturated carbocycles. The Balaban J connectivity index is 1.02. The first-order valence-corrected chi connectivity index (χ1v) is 22.5. The fourth-order valence-corrected chi connectivity index (χ4v) is 10.1. The van der Waals surface area contributed by atoms with E-state index in [4.69, 9.17) is 4.74 Å². The average Bonchev–Trinajstić information content (AvgIpc) is 3.50. The third-order valence-electron chi connectivity index (χ3n) is 13.5. The van der Waals surface area contributed by atoms with Crippen LogP contribution in [-0.2, 0) is 5.41 Å². The van der Waals surface area contributed by atoms with Gasteiger partial charge in [-0.1, -0.05) is 190 Å². The van der Waals surface area contributed by atoms with E-state index < -0.39 is 0 Å². The Morgan fingerprint density at radius 3 is 1.46 bits per heavy atom. The fourth-order valence-electron chi connectivity index (χ4n) is 10.1. The van der Waals surface area contributed by atoms with Gasteiger partial charge in [-0.15, -0.1) is 0 Å². The minimum absolute atomic E-state index is 0.148. The number of anilines is 3. The molecule has 12 rings (SSSR count). The summed E-state index contributed by atoms with van der Waals surface area (Å²) in [7, 11) is 0. The molecule has 1 aliphatic heterocycles. The van der Waals surface area contributed by atoms with E-state index in [2.05, 4.69) is 255 Å². The molecule has 2 heteroatoms. The number of rotatable bonds is 7. The summed E-state index contributed by atoms with van der Waals surface area (Å²) in [5.74, 6) is 1.65. The van der Waals surface area contributed by atoms with E-state index in [0.717, 1.165) is 67.5 Å². The molecule has 0 unspecified atom stereocenters. The van der Waals surface area contributed by atoms with Crippen molar-refractivity contribution >= 4 is 17.1 Å². The summed E-state index contributed by atoms with van der Waals surface area (Å²) in [5.41, 5.74) is 22.1. The highest BCUT2D eigenvalue weighted by Gasteiger charge is 2.36. The van der Waals surface area contributed by atoms with Crippen molar-refractivity contribution in [3.8, 4) is 89.4 Å². The number of benzene rings is 10. The van der Waals surface area contributed by atoms with E-state index in [9.17, 15) is 0 Å². The zero-order valence-corrected chi connectivity index (χ0v) is 36.4. The molecular weight excluding hydrogens is 787 g/mol. The van der Waals surface area contributed by atoms with Gasteiger partial charge in [0.1, 0.15) is 11.5 Å². The van der Waals surface area contributed by atoms with Gasteiger partial charge < -0.3 is 9.64 Å². The first-order valence-electron chi connectivity index (χ1n) is 22.5. The highest BCUT2D eigenvalue weighted by molar-refractivity contribution is 5.96. The number of fused-ring (bicyclic) bond motifs is 8. The van der Waals surface area contributed by atoms with Crippen molar-refractivity contribution < 1.29 is 4.74 Å². The van der Waals surface area contributed by atoms with Gasteiger partial charge in [-0.3, -0.25) is 0 Å². The Morgan fingerprint density at radius 2 is 0.754 bits per heavy atom. The first kappa shape index (κ1) is 38.5. The van der Waals surface area contributed by atoms with Crippen LogP contribution in [0.25, 0.3) is 77.9 Å².